The SMILES string of the molecule is CC[C@H]1C(c2ccc3c(c2)sc2ccccc23)N=C(c2cc(-n3c4cc5ccccc5cc4c4ccc5ccccc5c43)cc3oc4ccccc4c23)NC1(C)c1ccc2c(c1)oc1ccccc12. The molecule has 0 radical (unpaired) electrons. The van der Waals surface area contributed by atoms with Crippen LogP contribution in [-0.4, -0.2) is 10.4 Å². The quantitative estimate of drug-likeness (QED) is 0.187. The molecule has 0 fully saturated rings. The number of amidine groups is 1. The fourth-order valence-electron chi connectivity index (χ4n) is 12.1. The number of para-hydroxylation sites is 2. The van der Waals surface area contributed by atoms with Crippen molar-refractivity contribution in [2.24, 2.45) is 10.9 Å². The van der Waals surface area contributed by atoms with Gasteiger partial charge in [-0.25, -0.2) is 0 Å². The largest absolute Gasteiger partial charge is 0.456 e. The van der Waals surface area contributed by atoms with Crippen LogP contribution in [0.5, 0.6) is 0 Å². The number of aliphatic imine (C=N–C) groups is 1. The molecule has 5 nitrogen and oxygen atoms in total. The van der Waals surface area contributed by atoms with Gasteiger partial charge in [0.05, 0.1) is 28.3 Å². The molecule has 1 N–H and O–H groups in total. The first-order chi connectivity index (χ1) is 34.0. The Kier molecular flexibility index (Phi) is 8.12. The van der Waals surface area contributed by atoms with Crippen LogP contribution < -0.4 is 5.32 Å². The van der Waals surface area contributed by atoms with E-state index in [0.717, 1.165) is 78.5 Å². The summed E-state index contributed by atoms with van der Waals surface area (Å²) < 4.78 is 18.6. The molecule has 0 amide bonds. The van der Waals surface area contributed by atoms with Gasteiger partial charge in [-0.05, 0) is 89.2 Å². The third-order valence-corrected chi connectivity index (χ3v) is 16.6. The van der Waals surface area contributed by atoms with Crippen LogP contribution in [0.4, 0.5) is 0 Å². The van der Waals surface area contributed by atoms with Crippen LogP contribution in [0.25, 0.3) is 113 Å². The standard InChI is InChI=1S/C63H43N3O2S/c1-3-51-60(39-25-27-46-45-19-10-13-23-57(45)69-58(46)32-39)64-62(65-63(51,2)40-26-29-44-43-18-8-11-21-53(43)67-55(44)33-40)50-34-41(35-56-59(50)48-20-9-12-22-54(48)68-56)66-52-31-38-16-5-4-15-37(38)30-49(52)47-28-24-36-14-6-7-17-42(36)61(47)66/h4-35,51,60H,3H2,1-2H3,(H,64,65)/t51-,60?,63?/m0/s1. The van der Waals surface area contributed by atoms with Crippen molar-refractivity contribution < 1.29 is 8.83 Å². The van der Waals surface area contributed by atoms with Gasteiger partial charge in [-0.2, -0.15) is 0 Å². The zero-order valence-electron chi connectivity index (χ0n) is 38.0. The Hall–Kier alpha value is -8.19. The molecule has 69 heavy (non-hydrogen) atoms. The second-order valence-electron chi connectivity index (χ2n) is 19.1. The first-order valence-corrected chi connectivity index (χ1v) is 24.8. The van der Waals surface area contributed by atoms with Crippen LogP contribution in [-0.2, 0) is 5.54 Å². The molecule has 3 atom stereocenters. The summed E-state index contributed by atoms with van der Waals surface area (Å²) in [4.78, 5) is 5.96. The van der Waals surface area contributed by atoms with Gasteiger partial charge in [0.15, 0.2) is 0 Å². The van der Waals surface area contributed by atoms with Crippen molar-refractivity contribution >= 4 is 125 Å². The number of hydrogen-bond acceptors (Lipinski definition) is 5. The van der Waals surface area contributed by atoms with Crippen LogP contribution in [0.1, 0.15) is 43.0 Å². The second kappa shape index (κ2) is 14.4. The summed E-state index contributed by atoms with van der Waals surface area (Å²) in [6, 6.07) is 70.6. The van der Waals surface area contributed by atoms with E-state index < -0.39 is 5.54 Å². The number of benzene rings is 10. The number of aromatic nitrogens is 1. The molecule has 0 aliphatic carbocycles. The molecule has 6 heteroatoms. The van der Waals surface area contributed by atoms with E-state index in [9.17, 15) is 0 Å². The highest BCUT2D eigenvalue weighted by molar-refractivity contribution is 7.25. The first kappa shape index (κ1) is 38.9. The minimum Gasteiger partial charge on any atom is -0.456 e. The van der Waals surface area contributed by atoms with E-state index in [-0.39, 0.29) is 12.0 Å². The van der Waals surface area contributed by atoms with E-state index >= 15 is 0 Å². The molecule has 328 valence electrons. The Morgan fingerprint density at radius 1 is 0.536 bits per heavy atom. The van der Waals surface area contributed by atoms with Crippen LogP contribution in [0.15, 0.2) is 208 Å². The Morgan fingerprint density at radius 3 is 2.03 bits per heavy atom. The lowest BCUT2D eigenvalue weighted by atomic mass is 9.71. The fourth-order valence-corrected chi connectivity index (χ4v) is 13.3. The van der Waals surface area contributed by atoms with Crippen LogP contribution in [0.3, 0.4) is 0 Å². The number of nitrogens with zero attached hydrogens (tertiary/aromatic N) is 2. The maximum Gasteiger partial charge on any atom is 0.138 e. The van der Waals surface area contributed by atoms with Crippen LogP contribution in [0, 0.1) is 5.92 Å². The molecule has 5 heterocycles. The van der Waals surface area contributed by atoms with Crippen molar-refractivity contribution in [3.8, 4) is 5.69 Å². The lowest BCUT2D eigenvalue weighted by Gasteiger charge is -2.46. The number of thiophene rings is 1. The number of rotatable bonds is 5. The molecule has 10 aromatic carbocycles. The zero-order chi connectivity index (χ0) is 45.5. The normalized spacial score (nSPS) is 17.7. The van der Waals surface area contributed by atoms with Crippen molar-refractivity contribution in [1.29, 1.82) is 0 Å². The summed E-state index contributed by atoms with van der Waals surface area (Å²) >= 11 is 1.86. The van der Waals surface area contributed by atoms with Gasteiger partial charge >= 0.3 is 0 Å². The molecule has 1 aliphatic rings. The highest BCUT2D eigenvalue weighted by Gasteiger charge is 2.45. The minimum absolute atomic E-state index is 0.0756. The maximum atomic E-state index is 6.94. The van der Waals surface area contributed by atoms with E-state index in [1.807, 2.05) is 17.4 Å². The van der Waals surface area contributed by atoms with Crippen LogP contribution in [0.2, 0.25) is 0 Å². The minimum atomic E-state index is -0.581. The van der Waals surface area contributed by atoms with Crippen molar-refractivity contribution in [2.45, 2.75) is 31.8 Å². The topological polar surface area (TPSA) is 55.6 Å². The predicted octanol–water partition coefficient (Wildman–Crippen LogP) is 17.3. The van der Waals surface area contributed by atoms with Gasteiger partial charge in [0.2, 0.25) is 0 Å². The Morgan fingerprint density at radius 2 is 1.19 bits per heavy atom. The number of nitrogens with one attached hydrogen (secondary N) is 1. The summed E-state index contributed by atoms with van der Waals surface area (Å²) in [5.41, 5.74) is 9.55. The number of hydrogen-bond donors (Lipinski definition) is 1. The molecule has 4 aromatic heterocycles. The van der Waals surface area contributed by atoms with Crippen molar-refractivity contribution in [3.63, 3.8) is 0 Å². The third kappa shape index (κ3) is 5.61. The molecular weight excluding hydrogens is 863 g/mol. The Labute approximate surface area is 400 Å². The monoisotopic (exact) mass is 905 g/mol. The van der Waals surface area contributed by atoms with Gasteiger partial charge in [-0.3, -0.25) is 4.99 Å². The van der Waals surface area contributed by atoms with Crippen molar-refractivity contribution in [3.05, 3.63) is 211 Å². The van der Waals surface area contributed by atoms with Crippen molar-refractivity contribution in [2.75, 3.05) is 0 Å². The van der Waals surface area contributed by atoms with E-state index in [4.69, 9.17) is 13.8 Å². The summed E-state index contributed by atoms with van der Waals surface area (Å²) in [6.07, 6.45) is 0.889. The van der Waals surface area contributed by atoms with E-state index in [2.05, 4.69) is 212 Å². The molecule has 0 saturated heterocycles. The number of furan rings is 2. The van der Waals surface area contributed by atoms with Gasteiger partial charge in [-0.1, -0.05) is 146 Å². The average Bonchev–Trinajstić information content (AvgIpc) is 4.16. The third-order valence-electron chi connectivity index (χ3n) is 15.4. The second-order valence-corrected chi connectivity index (χ2v) is 20.2. The predicted molar refractivity (Wildman–Crippen MR) is 290 cm³/mol. The smallest absolute Gasteiger partial charge is 0.138 e. The van der Waals surface area contributed by atoms with Gasteiger partial charge in [-0.15, -0.1) is 11.3 Å². The summed E-state index contributed by atoms with van der Waals surface area (Å²) in [6.45, 7) is 4.69. The fraction of sp³-hybridized carbons (Fsp3) is 0.0952. The lowest BCUT2D eigenvalue weighted by molar-refractivity contribution is 0.205. The van der Waals surface area contributed by atoms with E-state index in [1.165, 1.54) is 63.6 Å². The summed E-state index contributed by atoms with van der Waals surface area (Å²) in [7, 11) is 0. The molecule has 1 aliphatic heterocycles. The molecule has 15 rings (SSSR count). The lowest BCUT2D eigenvalue weighted by Crippen LogP contribution is -2.54. The van der Waals surface area contributed by atoms with E-state index in [0.29, 0.717) is 0 Å². The molecule has 14 aromatic rings. The molecule has 0 saturated carbocycles. The van der Waals surface area contributed by atoms with E-state index in [1.54, 1.807) is 0 Å². The number of fused-ring (bicyclic) bond motifs is 15. The Bertz CT molecular complexity index is 4510. The van der Waals surface area contributed by atoms with Gasteiger partial charge in [0.25, 0.3) is 0 Å². The highest BCUT2D eigenvalue weighted by atomic mass is 32.1. The van der Waals surface area contributed by atoms with Gasteiger partial charge in [0, 0.05) is 75.4 Å². The van der Waals surface area contributed by atoms with Crippen molar-refractivity contribution in [1.82, 2.24) is 9.88 Å². The molecule has 0 bridgehead atoms. The summed E-state index contributed by atoms with van der Waals surface area (Å²) in [5, 5.41) is 18.4. The van der Waals surface area contributed by atoms with Gasteiger partial charge < -0.3 is 18.7 Å². The average molecular weight is 906 g/mol. The molecule has 2 unspecified atom stereocenters. The Balaban J connectivity index is 1.03. The molecular formula is C63H43N3O2S. The highest BCUT2D eigenvalue weighted by Crippen LogP contribution is 2.49. The summed E-state index contributed by atoms with van der Waals surface area (Å²) in [5.74, 6) is 0.912. The van der Waals surface area contributed by atoms with Crippen LogP contribution >= 0.6 is 11.3 Å². The first-order valence-electron chi connectivity index (χ1n) is 24.0. The van der Waals surface area contributed by atoms with Gasteiger partial charge in [0.1, 0.15) is 28.2 Å². The maximum absolute atomic E-state index is 6.94. The molecule has 0 spiro atoms. The zero-order valence-corrected chi connectivity index (χ0v) is 38.8.